The Morgan fingerprint density at radius 1 is 0.413 bits per heavy atom. The summed E-state index contributed by atoms with van der Waals surface area (Å²) in [6.07, 6.45) is 22.3. The molecule has 0 rings (SSSR count). The van der Waals surface area contributed by atoms with E-state index in [9.17, 15) is 0 Å². The number of nitrogens with zero attached hydrogens (tertiary/aromatic N) is 2. The Morgan fingerprint density at radius 3 is 1.02 bits per heavy atom. The van der Waals surface area contributed by atoms with Gasteiger partial charge in [0.2, 0.25) is 0 Å². The molecule has 0 aliphatic heterocycles. The maximum atomic E-state index is 5.65. The number of hydrogen-bond acceptors (Lipinski definition) is 8. The van der Waals surface area contributed by atoms with E-state index in [0.717, 1.165) is 64.7 Å². The van der Waals surface area contributed by atoms with E-state index in [2.05, 4.69) is 51.6 Å². The van der Waals surface area contributed by atoms with Crippen molar-refractivity contribution in [3.8, 4) is 0 Å². The molecular formula is C38H82N2O6. The molecule has 0 bridgehead atoms. The first-order chi connectivity index (χ1) is 22.2. The van der Waals surface area contributed by atoms with Crippen molar-refractivity contribution in [3.63, 3.8) is 0 Å². The maximum absolute atomic E-state index is 5.65. The lowest BCUT2D eigenvalue weighted by atomic mass is 9.92. The van der Waals surface area contributed by atoms with Gasteiger partial charge in [0, 0.05) is 54.5 Å². The van der Waals surface area contributed by atoms with Gasteiger partial charge in [0.25, 0.3) is 11.9 Å². The van der Waals surface area contributed by atoms with Gasteiger partial charge in [-0.05, 0) is 78.8 Å². The van der Waals surface area contributed by atoms with Crippen LogP contribution in [-0.2, 0) is 28.4 Å². The van der Waals surface area contributed by atoms with Crippen LogP contribution in [0.25, 0.3) is 0 Å². The first-order valence-corrected chi connectivity index (χ1v) is 18.9. The van der Waals surface area contributed by atoms with Crippen LogP contribution in [0.15, 0.2) is 0 Å². The van der Waals surface area contributed by atoms with E-state index in [1.54, 1.807) is 42.7 Å². The van der Waals surface area contributed by atoms with Gasteiger partial charge in [0.1, 0.15) is 0 Å². The Morgan fingerprint density at radius 2 is 0.717 bits per heavy atom. The molecular weight excluding hydrogens is 580 g/mol. The molecule has 0 spiro atoms. The van der Waals surface area contributed by atoms with Gasteiger partial charge in [-0.25, -0.2) is 0 Å². The molecule has 280 valence electrons. The highest BCUT2D eigenvalue weighted by Gasteiger charge is 2.40. The molecule has 0 amide bonds. The van der Waals surface area contributed by atoms with Gasteiger partial charge in [-0.1, -0.05) is 105 Å². The van der Waals surface area contributed by atoms with Gasteiger partial charge in [-0.15, -0.1) is 0 Å². The molecule has 0 radical (unpaired) electrons. The first kappa shape index (κ1) is 47.8. The third-order valence-corrected chi connectivity index (χ3v) is 9.60. The lowest BCUT2D eigenvalue weighted by Crippen LogP contribution is -2.44. The fraction of sp³-hybridized carbons (Fsp3) is 1.00. The summed E-state index contributed by atoms with van der Waals surface area (Å²) in [6.45, 7) is 13.4. The monoisotopic (exact) mass is 663 g/mol. The zero-order valence-electron chi connectivity index (χ0n) is 33.1. The molecule has 2 atom stereocenters. The molecule has 0 fully saturated rings. The Bertz CT molecular complexity index is 595. The highest BCUT2D eigenvalue weighted by atomic mass is 16.9. The molecule has 0 saturated carbocycles. The van der Waals surface area contributed by atoms with Crippen molar-refractivity contribution in [1.29, 1.82) is 0 Å². The van der Waals surface area contributed by atoms with Crippen LogP contribution in [0, 0.1) is 11.8 Å². The van der Waals surface area contributed by atoms with E-state index in [1.165, 1.54) is 77.0 Å². The average Bonchev–Trinajstić information content (AvgIpc) is 3.07. The number of unbranched alkanes of at least 4 members (excludes halogenated alkanes) is 10. The minimum absolute atomic E-state index is 0.277. The van der Waals surface area contributed by atoms with Crippen molar-refractivity contribution < 1.29 is 28.4 Å². The second-order valence-corrected chi connectivity index (χ2v) is 13.1. The summed E-state index contributed by atoms with van der Waals surface area (Å²) in [4.78, 5) is 4.69. The maximum Gasteiger partial charge on any atom is 0.285 e. The minimum Gasteiger partial charge on any atom is -0.331 e. The lowest BCUT2D eigenvalue weighted by molar-refractivity contribution is -0.380. The lowest BCUT2D eigenvalue weighted by Gasteiger charge is -2.37. The standard InChI is InChI=1S/C20H43NO3.C18H39NO3/c1-7-10-11-12-13-14-16-19(20(22-4,23-5)24-6)17-15-18-21(8-2)9-3;1-7-8-9-10-11-12-14-17(15-13-16-19(2)3)18(20-4,21-5)22-6/h19H,7-18H2,1-6H3;17H,7-16H2,1-6H3. The second-order valence-electron chi connectivity index (χ2n) is 13.1. The van der Waals surface area contributed by atoms with Crippen LogP contribution in [0.5, 0.6) is 0 Å². The molecule has 8 heteroatoms. The van der Waals surface area contributed by atoms with Crippen LogP contribution in [0.1, 0.15) is 143 Å². The van der Waals surface area contributed by atoms with Gasteiger partial charge in [0.15, 0.2) is 0 Å². The molecule has 0 heterocycles. The zero-order chi connectivity index (χ0) is 35.1. The largest absolute Gasteiger partial charge is 0.331 e. The molecule has 2 unspecified atom stereocenters. The van der Waals surface area contributed by atoms with Crippen molar-refractivity contribution in [1.82, 2.24) is 9.80 Å². The normalized spacial score (nSPS) is 13.7. The molecule has 46 heavy (non-hydrogen) atoms. The summed E-state index contributed by atoms with van der Waals surface area (Å²) >= 11 is 0. The molecule has 0 aromatic rings. The summed E-state index contributed by atoms with van der Waals surface area (Å²) in [5.41, 5.74) is 0. The third-order valence-electron chi connectivity index (χ3n) is 9.60. The quantitative estimate of drug-likeness (QED) is 0.0522. The molecule has 0 saturated heterocycles. The summed E-state index contributed by atoms with van der Waals surface area (Å²) in [5.74, 6) is -1.24. The summed E-state index contributed by atoms with van der Waals surface area (Å²) in [6, 6.07) is 0. The van der Waals surface area contributed by atoms with Crippen molar-refractivity contribution in [2.75, 3.05) is 82.9 Å². The molecule has 0 aliphatic carbocycles. The third kappa shape index (κ3) is 20.9. The Hall–Kier alpha value is -0.320. The first-order valence-electron chi connectivity index (χ1n) is 18.9. The van der Waals surface area contributed by atoms with Gasteiger partial charge in [0.05, 0.1) is 0 Å². The van der Waals surface area contributed by atoms with Crippen LogP contribution in [-0.4, -0.2) is 105 Å². The van der Waals surface area contributed by atoms with Crippen LogP contribution >= 0.6 is 0 Å². The highest BCUT2D eigenvalue weighted by molar-refractivity contribution is 4.73. The van der Waals surface area contributed by atoms with Crippen molar-refractivity contribution in [3.05, 3.63) is 0 Å². The minimum atomic E-state index is -0.896. The second kappa shape index (κ2) is 31.9. The van der Waals surface area contributed by atoms with E-state index in [1.807, 2.05) is 0 Å². The molecule has 0 aromatic heterocycles. The van der Waals surface area contributed by atoms with Crippen LogP contribution < -0.4 is 0 Å². The summed E-state index contributed by atoms with van der Waals surface area (Å²) in [5, 5.41) is 0. The van der Waals surface area contributed by atoms with Gasteiger partial charge < -0.3 is 38.2 Å². The van der Waals surface area contributed by atoms with E-state index >= 15 is 0 Å². The molecule has 0 aromatic carbocycles. The molecule has 0 aliphatic rings. The fourth-order valence-electron chi connectivity index (χ4n) is 6.59. The molecule has 8 nitrogen and oxygen atoms in total. The van der Waals surface area contributed by atoms with Crippen molar-refractivity contribution >= 4 is 0 Å². The fourth-order valence-corrected chi connectivity index (χ4v) is 6.59. The van der Waals surface area contributed by atoms with Gasteiger partial charge >= 0.3 is 0 Å². The van der Waals surface area contributed by atoms with E-state index < -0.39 is 11.9 Å². The molecule has 0 N–H and O–H groups in total. The van der Waals surface area contributed by atoms with Crippen molar-refractivity contribution in [2.45, 2.75) is 155 Å². The Labute approximate surface area is 287 Å². The smallest absolute Gasteiger partial charge is 0.285 e. The Balaban J connectivity index is 0. The van der Waals surface area contributed by atoms with E-state index in [4.69, 9.17) is 28.4 Å². The van der Waals surface area contributed by atoms with Gasteiger partial charge in [-0.2, -0.15) is 0 Å². The average molecular weight is 663 g/mol. The number of ether oxygens (including phenoxy) is 6. The summed E-state index contributed by atoms with van der Waals surface area (Å²) < 4.78 is 33.7. The van der Waals surface area contributed by atoms with Crippen molar-refractivity contribution in [2.24, 2.45) is 11.8 Å². The van der Waals surface area contributed by atoms with Gasteiger partial charge in [-0.3, -0.25) is 0 Å². The zero-order valence-corrected chi connectivity index (χ0v) is 33.1. The van der Waals surface area contributed by atoms with Crippen LogP contribution in [0.2, 0.25) is 0 Å². The number of methoxy groups -OCH3 is 6. The predicted octanol–water partition coefficient (Wildman–Crippen LogP) is 9.36. The summed E-state index contributed by atoms with van der Waals surface area (Å²) in [7, 11) is 14.3. The van der Waals surface area contributed by atoms with Crippen LogP contribution in [0.3, 0.4) is 0 Å². The number of hydrogen-bond donors (Lipinski definition) is 0. The highest BCUT2D eigenvalue weighted by Crippen LogP contribution is 2.33. The van der Waals surface area contributed by atoms with E-state index in [0.29, 0.717) is 0 Å². The van der Waals surface area contributed by atoms with E-state index in [-0.39, 0.29) is 11.8 Å². The number of rotatable bonds is 32. The SMILES string of the molecule is CCCCCCCCC(CCCN(C)C)C(OC)(OC)OC.CCCCCCCCC(CCCN(CC)CC)C(OC)(OC)OC. The Kier molecular flexibility index (Phi) is 33.2. The van der Waals surface area contributed by atoms with Crippen LogP contribution in [0.4, 0.5) is 0 Å². The predicted molar refractivity (Wildman–Crippen MR) is 195 cm³/mol. The topological polar surface area (TPSA) is 61.9 Å².